The van der Waals surface area contributed by atoms with Crippen LogP contribution in [0.1, 0.15) is 38.2 Å². The van der Waals surface area contributed by atoms with E-state index in [2.05, 4.69) is 35.1 Å². The Balaban J connectivity index is 1.76. The number of carbonyl (C=O) groups excluding carboxylic acids is 1. The van der Waals surface area contributed by atoms with E-state index in [1.54, 1.807) is 4.90 Å². The van der Waals surface area contributed by atoms with Gasteiger partial charge < -0.3 is 10.7 Å². The van der Waals surface area contributed by atoms with E-state index in [1.165, 1.54) is 23.1 Å². The molecule has 2 aromatic heterocycles. The second-order valence-corrected chi connectivity index (χ2v) is 10.9. The van der Waals surface area contributed by atoms with Crippen LogP contribution in [0, 0.1) is 16.7 Å². The molecule has 9 heteroatoms. The number of Topliss-reactive ketones (excluding diaryl/α,β-unsaturated/α-hetero) is 1. The van der Waals surface area contributed by atoms with Crippen molar-refractivity contribution in [2.24, 2.45) is 11.1 Å². The van der Waals surface area contributed by atoms with Crippen molar-refractivity contribution in [3.63, 3.8) is 0 Å². The highest BCUT2D eigenvalue weighted by Crippen LogP contribution is 2.50. The van der Waals surface area contributed by atoms with Crippen molar-refractivity contribution < 1.29 is 4.79 Å². The second kappa shape index (κ2) is 7.50. The van der Waals surface area contributed by atoms with Gasteiger partial charge in [0, 0.05) is 29.4 Å². The number of anilines is 1. The van der Waals surface area contributed by atoms with E-state index in [4.69, 9.17) is 5.73 Å². The summed E-state index contributed by atoms with van der Waals surface area (Å²) in [7, 11) is 0. The zero-order chi connectivity index (χ0) is 22.6. The molecule has 0 saturated heterocycles. The number of nitrogens with two attached hydrogens (primary N) is 1. The van der Waals surface area contributed by atoms with Crippen LogP contribution in [0.2, 0.25) is 0 Å². The first-order valence-corrected chi connectivity index (χ1v) is 12.3. The highest BCUT2D eigenvalue weighted by molar-refractivity contribution is 8.00. The number of benzene rings is 1. The Morgan fingerprint density at radius 3 is 2.84 bits per heavy atom. The van der Waals surface area contributed by atoms with E-state index in [0.717, 1.165) is 26.5 Å². The van der Waals surface area contributed by atoms with Crippen LogP contribution in [0.3, 0.4) is 0 Å². The zero-order valence-electron chi connectivity index (χ0n) is 18.0. The minimum absolute atomic E-state index is 0.0512. The van der Waals surface area contributed by atoms with Crippen molar-refractivity contribution in [1.82, 2.24) is 15.2 Å². The van der Waals surface area contributed by atoms with Crippen LogP contribution in [0.4, 0.5) is 5.13 Å². The molecule has 0 saturated carbocycles. The van der Waals surface area contributed by atoms with Crippen molar-refractivity contribution in [2.75, 3.05) is 11.2 Å². The molecule has 0 unspecified atom stereocenters. The number of allylic oxidation sites excluding steroid dienone is 3. The van der Waals surface area contributed by atoms with Crippen molar-refractivity contribution in [2.45, 2.75) is 36.9 Å². The van der Waals surface area contributed by atoms with Crippen LogP contribution < -0.4 is 10.6 Å². The minimum Gasteiger partial charge on any atom is -0.384 e. The summed E-state index contributed by atoms with van der Waals surface area (Å²) in [5.74, 6) is -0.128. The molecule has 0 radical (unpaired) electrons. The molecular formula is C23H22N6OS2. The molecule has 0 amide bonds. The van der Waals surface area contributed by atoms with Crippen LogP contribution in [0.5, 0.6) is 0 Å². The van der Waals surface area contributed by atoms with E-state index < -0.39 is 5.92 Å². The molecule has 1 aliphatic carbocycles. The van der Waals surface area contributed by atoms with Crippen LogP contribution in [-0.2, 0) is 4.79 Å². The van der Waals surface area contributed by atoms with E-state index in [1.807, 2.05) is 36.7 Å². The standard InChI is InChI=1S/C23H22N6OS2/c1-23(2)9-16-19(17(30)10-23)18(13-4-5-15-12(8-13)6-7-26-15)14(11-24)20(25)29(16)21-27-28-22(31-3)32-21/h4-8,18,26H,9-10,25H2,1-3H3/t18-/m1/s1. The summed E-state index contributed by atoms with van der Waals surface area (Å²) in [6.45, 7) is 4.17. The molecular weight excluding hydrogens is 440 g/mol. The van der Waals surface area contributed by atoms with Gasteiger partial charge >= 0.3 is 0 Å². The molecule has 1 aromatic carbocycles. The average Bonchev–Trinajstić information content (AvgIpc) is 3.40. The van der Waals surface area contributed by atoms with Crippen LogP contribution in [-0.4, -0.2) is 27.2 Å². The SMILES string of the molecule is CSc1nnc(N2C(N)=C(C#N)[C@@H](c3ccc4[nH]ccc4c3)C3=C2CC(C)(C)CC3=O)s1. The van der Waals surface area contributed by atoms with Crippen LogP contribution in [0.25, 0.3) is 10.9 Å². The van der Waals surface area contributed by atoms with Gasteiger partial charge in [0.15, 0.2) is 10.1 Å². The fourth-order valence-corrected chi connectivity index (χ4v) is 5.99. The predicted octanol–water partition coefficient (Wildman–Crippen LogP) is 4.68. The molecule has 0 spiro atoms. The van der Waals surface area contributed by atoms with Gasteiger partial charge in [-0.1, -0.05) is 43.0 Å². The van der Waals surface area contributed by atoms with Crippen LogP contribution in [0.15, 0.2) is 57.5 Å². The average molecular weight is 463 g/mol. The lowest BCUT2D eigenvalue weighted by molar-refractivity contribution is -0.118. The number of hydrogen-bond acceptors (Lipinski definition) is 8. The molecule has 162 valence electrons. The number of H-pyrrole nitrogens is 1. The largest absolute Gasteiger partial charge is 0.384 e. The molecule has 1 atom stereocenters. The van der Waals surface area contributed by atoms with Crippen LogP contribution >= 0.6 is 23.1 Å². The van der Waals surface area contributed by atoms with E-state index in [9.17, 15) is 10.1 Å². The van der Waals surface area contributed by atoms with Crippen molar-refractivity contribution in [3.8, 4) is 6.07 Å². The molecule has 5 rings (SSSR count). The van der Waals surface area contributed by atoms with Gasteiger partial charge in [0.2, 0.25) is 5.13 Å². The van der Waals surface area contributed by atoms with Gasteiger partial charge in [-0.25, -0.2) is 0 Å². The highest BCUT2D eigenvalue weighted by atomic mass is 32.2. The maximum Gasteiger partial charge on any atom is 0.219 e. The Labute approximate surface area is 194 Å². The lowest BCUT2D eigenvalue weighted by Gasteiger charge is -2.42. The molecule has 3 heterocycles. The Morgan fingerprint density at radius 1 is 1.31 bits per heavy atom. The third-order valence-corrected chi connectivity index (χ3v) is 7.94. The van der Waals surface area contributed by atoms with Gasteiger partial charge in [-0.3, -0.25) is 9.69 Å². The van der Waals surface area contributed by atoms with Crippen molar-refractivity contribution >= 4 is 44.9 Å². The van der Waals surface area contributed by atoms with Crippen molar-refractivity contribution in [1.29, 1.82) is 5.26 Å². The Kier molecular flexibility index (Phi) is 4.87. The Morgan fingerprint density at radius 2 is 2.12 bits per heavy atom. The second-order valence-electron chi connectivity index (χ2n) is 8.86. The maximum atomic E-state index is 13.5. The Hall–Kier alpha value is -3.09. The lowest BCUT2D eigenvalue weighted by Crippen LogP contribution is -2.42. The minimum atomic E-state index is -0.498. The zero-order valence-corrected chi connectivity index (χ0v) is 19.6. The molecule has 1 aliphatic heterocycles. The summed E-state index contributed by atoms with van der Waals surface area (Å²) in [5.41, 5.74) is 10.1. The lowest BCUT2D eigenvalue weighted by atomic mass is 9.68. The topological polar surface area (TPSA) is 112 Å². The number of nitrogens with zero attached hydrogens (tertiary/aromatic N) is 4. The highest BCUT2D eigenvalue weighted by Gasteiger charge is 2.45. The molecule has 3 N–H and O–H groups in total. The molecule has 32 heavy (non-hydrogen) atoms. The van der Waals surface area contributed by atoms with Gasteiger partial charge in [0.1, 0.15) is 5.82 Å². The normalized spacial score (nSPS) is 20.6. The number of rotatable bonds is 3. The molecule has 7 nitrogen and oxygen atoms in total. The van der Waals surface area contributed by atoms with Crippen molar-refractivity contribution in [3.05, 3.63) is 58.7 Å². The van der Waals surface area contributed by atoms with E-state index >= 15 is 0 Å². The number of nitriles is 1. The number of aromatic amines is 1. The van der Waals surface area contributed by atoms with Gasteiger partial charge in [0.25, 0.3) is 0 Å². The van der Waals surface area contributed by atoms with E-state index in [0.29, 0.717) is 34.9 Å². The first kappa shape index (κ1) is 20.8. The van der Waals surface area contributed by atoms with Gasteiger partial charge in [-0.2, -0.15) is 5.26 Å². The summed E-state index contributed by atoms with van der Waals surface area (Å²) < 4.78 is 0.801. The number of ketones is 1. The summed E-state index contributed by atoms with van der Waals surface area (Å²) in [5, 5.41) is 20.3. The number of nitrogens with one attached hydrogen (secondary N) is 1. The first-order valence-electron chi connectivity index (χ1n) is 10.2. The molecule has 0 fully saturated rings. The smallest absolute Gasteiger partial charge is 0.219 e. The van der Waals surface area contributed by atoms with Gasteiger partial charge in [0.05, 0.1) is 17.6 Å². The maximum absolute atomic E-state index is 13.5. The Bertz CT molecular complexity index is 1360. The number of thioether (sulfide) groups is 1. The van der Waals surface area contributed by atoms with E-state index in [-0.39, 0.29) is 11.2 Å². The third-order valence-electron chi connectivity index (χ3n) is 6.05. The monoisotopic (exact) mass is 462 g/mol. The number of hydrogen-bond donors (Lipinski definition) is 2. The number of aromatic nitrogens is 3. The summed E-state index contributed by atoms with van der Waals surface area (Å²) in [4.78, 5) is 18.5. The fourth-order valence-electron chi connectivity index (χ4n) is 4.69. The summed E-state index contributed by atoms with van der Waals surface area (Å²) in [6.07, 6.45) is 4.90. The molecule has 2 aliphatic rings. The predicted molar refractivity (Wildman–Crippen MR) is 127 cm³/mol. The van der Waals surface area contributed by atoms with Gasteiger partial charge in [-0.15, -0.1) is 10.2 Å². The third kappa shape index (κ3) is 3.22. The summed E-state index contributed by atoms with van der Waals surface area (Å²) >= 11 is 2.91. The van der Waals surface area contributed by atoms with Gasteiger partial charge in [-0.05, 0) is 47.2 Å². The first-order chi connectivity index (χ1) is 15.3. The molecule has 3 aromatic rings. The number of carbonyl (C=O) groups is 1. The quantitative estimate of drug-likeness (QED) is 0.543. The summed E-state index contributed by atoms with van der Waals surface area (Å²) in [6, 6.07) is 10.3. The fraction of sp³-hybridized carbons (Fsp3) is 0.304. The molecule has 0 bridgehead atoms. The number of fused-ring (bicyclic) bond motifs is 1.